The molecule has 1 unspecified atom stereocenters. The monoisotopic (exact) mass is 501 g/mol. The van der Waals surface area contributed by atoms with Crippen LogP contribution in [0.3, 0.4) is 0 Å². The molecule has 1 heterocycles. The van der Waals surface area contributed by atoms with Crippen LogP contribution < -0.4 is 4.74 Å². The number of hydrogen-bond donors (Lipinski definition) is 1. The highest BCUT2D eigenvalue weighted by molar-refractivity contribution is 7.91. The van der Waals surface area contributed by atoms with Gasteiger partial charge in [0.1, 0.15) is 11.4 Å². The van der Waals surface area contributed by atoms with Gasteiger partial charge in [0.15, 0.2) is 15.6 Å². The molecule has 34 heavy (non-hydrogen) atoms. The predicted molar refractivity (Wildman–Crippen MR) is 133 cm³/mol. The molecule has 0 amide bonds. The number of nitrogens with zero attached hydrogens (tertiary/aromatic N) is 1. The Morgan fingerprint density at radius 1 is 1.09 bits per heavy atom. The number of aromatic nitrogens is 1. The van der Waals surface area contributed by atoms with Crippen LogP contribution in [0.15, 0.2) is 46.2 Å². The molecule has 0 bridgehead atoms. The highest BCUT2D eigenvalue weighted by Crippen LogP contribution is 2.32. The minimum absolute atomic E-state index is 0.0739. The number of carbonyl (C=O) groups is 2. The molecular weight excluding hydrogens is 474 g/mol. The van der Waals surface area contributed by atoms with Gasteiger partial charge in [0, 0.05) is 33.9 Å². The van der Waals surface area contributed by atoms with Gasteiger partial charge < -0.3 is 19.0 Å². The Morgan fingerprint density at radius 3 is 2.21 bits per heavy atom. The Hall–Kier alpha value is -2.74. The topological polar surface area (TPSA) is 91.6 Å². The molecule has 0 saturated heterocycles. The van der Waals surface area contributed by atoms with Crippen molar-refractivity contribution >= 4 is 34.5 Å². The van der Waals surface area contributed by atoms with E-state index < -0.39 is 17.1 Å². The van der Waals surface area contributed by atoms with Gasteiger partial charge in [0.2, 0.25) is 0 Å². The molecule has 6 nitrogen and oxygen atoms in total. The lowest BCUT2D eigenvalue weighted by atomic mass is 10.1. The summed E-state index contributed by atoms with van der Waals surface area (Å²) in [5.41, 5.74) is 3.64. The summed E-state index contributed by atoms with van der Waals surface area (Å²) in [5.74, 6) is -0.426. The van der Waals surface area contributed by atoms with E-state index in [-0.39, 0.29) is 11.5 Å². The van der Waals surface area contributed by atoms with Crippen LogP contribution >= 0.6 is 11.6 Å². The summed E-state index contributed by atoms with van der Waals surface area (Å²) in [7, 11) is 0. The number of ether oxygens (including phenoxy) is 1. The van der Waals surface area contributed by atoms with Crippen molar-refractivity contribution in [3.8, 4) is 5.75 Å². The molecule has 1 aromatic heterocycles. The molecule has 0 aliphatic rings. The fraction of sp³-hybridized carbons (Fsp3) is 0.308. The molecule has 0 fully saturated rings. The Kier molecular flexibility index (Phi) is 8.13. The molecule has 2 aromatic carbocycles. The van der Waals surface area contributed by atoms with Crippen molar-refractivity contribution in [2.24, 2.45) is 0 Å². The van der Waals surface area contributed by atoms with Crippen molar-refractivity contribution in [2.75, 3.05) is 6.61 Å². The second-order valence-electron chi connectivity index (χ2n) is 8.27. The molecule has 3 rings (SSSR count). The Morgan fingerprint density at radius 2 is 1.68 bits per heavy atom. The van der Waals surface area contributed by atoms with Crippen molar-refractivity contribution < 1.29 is 24.0 Å². The summed E-state index contributed by atoms with van der Waals surface area (Å²) < 4.78 is 20.9. The molecule has 8 heteroatoms. The standard InChI is InChI=1S/C26H28ClNO5S/c1-15-13-21(14-16(2)23(15)27)33-12-6-11-28-18(4)25(17(3)24(28)26(30)31)34(32)22-9-7-20(8-10-22)19(5)29/h7-10,13-14H,6,11-12H2,1-5H3,(H,30,31). The largest absolute Gasteiger partial charge is 0.606 e. The SMILES string of the molecule is CC(=O)c1ccc([S+]([O-])c2c(C)c(C(=O)O)n(CCCOc3cc(C)c(Cl)c(C)c3)c2C)cc1. The first kappa shape index (κ1) is 25.9. The average Bonchev–Trinajstić information content (AvgIpc) is 3.03. The highest BCUT2D eigenvalue weighted by Gasteiger charge is 2.30. The second-order valence-corrected chi connectivity index (χ2v) is 10.1. The van der Waals surface area contributed by atoms with Crippen LogP contribution in [-0.2, 0) is 17.7 Å². The smallest absolute Gasteiger partial charge is 0.352 e. The molecule has 0 radical (unpaired) electrons. The predicted octanol–water partition coefficient (Wildman–Crippen LogP) is 5.91. The maximum Gasteiger partial charge on any atom is 0.352 e. The van der Waals surface area contributed by atoms with Crippen molar-refractivity contribution in [1.82, 2.24) is 4.57 Å². The van der Waals surface area contributed by atoms with Crippen molar-refractivity contribution in [1.29, 1.82) is 0 Å². The van der Waals surface area contributed by atoms with Crippen LogP contribution in [0.2, 0.25) is 5.02 Å². The van der Waals surface area contributed by atoms with E-state index in [9.17, 15) is 19.2 Å². The number of hydrogen-bond acceptors (Lipinski definition) is 4. The normalized spacial score (nSPS) is 12.0. The summed E-state index contributed by atoms with van der Waals surface area (Å²) >= 11 is 4.63. The molecule has 3 aromatic rings. The van der Waals surface area contributed by atoms with Crippen molar-refractivity contribution in [3.63, 3.8) is 0 Å². The van der Waals surface area contributed by atoms with Gasteiger partial charge in [-0.2, -0.15) is 0 Å². The molecule has 0 spiro atoms. The van der Waals surface area contributed by atoms with Crippen LogP contribution in [0.5, 0.6) is 5.75 Å². The highest BCUT2D eigenvalue weighted by atomic mass is 35.5. The third kappa shape index (κ3) is 5.32. The third-order valence-electron chi connectivity index (χ3n) is 5.77. The number of aryl methyl sites for hydroxylation is 2. The average molecular weight is 502 g/mol. The Balaban J connectivity index is 1.80. The van der Waals surface area contributed by atoms with Gasteiger partial charge in [-0.15, -0.1) is 0 Å². The first-order valence-corrected chi connectivity index (χ1v) is 12.4. The molecular formula is C26H28ClNO5S. The zero-order chi connectivity index (χ0) is 25.2. The Labute approximate surface area is 207 Å². The quantitative estimate of drug-likeness (QED) is 0.223. The zero-order valence-electron chi connectivity index (χ0n) is 19.9. The van der Waals surface area contributed by atoms with Gasteiger partial charge in [-0.1, -0.05) is 11.6 Å². The van der Waals surface area contributed by atoms with E-state index in [1.54, 1.807) is 42.7 Å². The van der Waals surface area contributed by atoms with Crippen molar-refractivity contribution in [3.05, 3.63) is 75.1 Å². The maximum atomic E-state index is 13.3. The summed E-state index contributed by atoms with van der Waals surface area (Å²) in [4.78, 5) is 24.6. The second kappa shape index (κ2) is 10.7. The summed E-state index contributed by atoms with van der Waals surface area (Å²) in [5, 5.41) is 10.6. The zero-order valence-corrected chi connectivity index (χ0v) is 21.5. The maximum absolute atomic E-state index is 13.3. The van der Waals surface area contributed by atoms with E-state index in [1.807, 2.05) is 26.0 Å². The molecule has 0 aliphatic carbocycles. The summed E-state index contributed by atoms with van der Waals surface area (Å²) in [6.45, 7) is 9.56. The minimum Gasteiger partial charge on any atom is -0.606 e. The third-order valence-corrected chi connectivity index (χ3v) is 8.04. The first-order valence-electron chi connectivity index (χ1n) is 10.9. The number of carbonyl (C=O) groups excluding carboxylic acids is 1. The Bertz CT molecular complexity index is 1210. The van der Waals surface area contributed by atoms with E-state index in [1.165, 1.54) is 6.92 Å². The lowest BCUT2D eigenvalue weighted by Gasteiger charge is -2.13. The van der Waals surface area contributed by atoms with E-state index >= 15 is 0 Å². The number of rotatable bonds is 9. The fourth-order valence-corrected chi connectivity index (χ4v) is 5.51. The van der Waals surface area contributed by atoms with E-state index in [4.69, 9.17) is 16.3 Å². The molecule has 0 aliphatic heterocycles. The van der Waals surface area contributed by atoms with Gasteiger partial charge in [0.25, 0.3) is 0 Å². The summed E-state index contributed by atoms with van der Waals surface area (Å²) in [6.07, 6.45) is 0.565. The molecule has 0 saturated carbocycles. The van der Waals surface area contributed by atoms with Crippen LogP contribution in [0.4, 0.5) is 0 Å². The van der Waals surface area contributed by atoms with Crippen LogP contribution in [0.25, 0.3) is 0 Å². The van der Waals surface area contributed by atoms with E-state index in [2.05, 4.69) is 0 Å². The number of benzene rings is 2. The first-order chi connectivity index (χ1) is 16.0. The number of aromatic carboxylic acids is 1. The van der Waals surface area contributed by atoms with E-state index in [0.29, 0.717) is 57.0 Å². The molecule has 1 atom stereocenters. The number of carboxylic acid groups (broad SMARTS) is 1. The van der Waals surface area contributed by atoms with Crippen LogP contribution in [-0.4, -0.2) is 32.6 Å². The number of Topliss-reactive ketones (excluding diaryl/α,β-unsaturated/α-hetero) is 1. The number of halogens is 1. The van der Waals surface area contributed by atoms with Crippen LogP contribution in [0, 0.1) is 27.7 Å². The lowest BCUT2D eigenvalue weighted by Crippen LogP contribution is -2.13. The van der Waals surface area contributed by atoms with Gasteiger partial charge in [0.05, 0.1) is 12.3 Å². The van der Waals surface area contributed by atoms with Crippen LogP contribution in [0.1, 0.15) is 56.6 Å². The summed E-state index contributed by atoms with van der Waals surface area (Å²) in [6, 6.07) is 10.3. The van der Waals surface area contributed by atoms with Crippen molar-refractivity contribution in [2.45, 2.75) is 57.4 Å². The van der Waals surface area contributed by atoms with Gasteiger partial charge >= 0.3 is 5.97 Å². The number of ketones is 1. The van der Waals surface area contributed by atoms with E-state index in [0.717, 1.165) is 11.1 Å². The fourth-order valence-electron chi connectivity index (χ4n) is 4.03. The molecule has 180 valence electrons. The molecule has 1 N–H and O–H groups in total. The van der Waals surface area contributed by atoms with Gasteiger partial charge in [-0.3, -0.25) is 4.79 Å². The lowest BCUT2D eigenvalue weighted by molar-refractivity contribution is 0.0683. The van der Waals surface area contributed by atoms with Gasteiger partial charge in [-0.05, 0) is 88.6 Å². The van der Waals surface area contributed by atoms with Gasteiger partial charge in [-0.25, -0.2) is 4.79 Å². The minimum atomic E-state index is -1.58. The number of carboxylic acids is 1.